The second-order valence-corrected chi connectivity index (χ2v) is 4.55. The molecule has 0 bridgehead atoms. The highest BCUT2D eigenvalue weighted by atomic mass is 35.5. The predicted molar refractivity (Wildman–Crippen MR) is 74.6 cm³/mol. The lowest BCUT2D eigenvalue weighted by molar-refractivity contribution is -0.116. The molecule has 0 aliphatic rings. The zero-order valence-corrected chi connectivity index (χ0v) is 11.1. The first-order chi connectivity index (χ1) is 9.11. The normalized spacial score (nSPS) is 10.2. The van der Waals surface area contributed by atoms with Crippen LogP contribution >= 0.6 is 11.6 Å². The molecule has 2 aromatic rings. The minimum absolute atomic E-state index is 0.0903. The molecule has 4 nitrogen and oxygen atoms in total. The predicted octanol–water partition coefficient (Wildman–Crippen LogP) is 2.90. The Morgan fingerprint density at radius 3 is 2.89 bits per heavy atom. The van der Waals surface area contributed by atoms with Crippen LogP contribution in [0.1, 0.15) is 16.1 Å². The molecule has 0 fully saturated rings. The van der Waals surface area contributed by atoms with E-state index in [0.717, 1.165) is 11.8 Å². The Labute approximate surface area is 116 Å². The van der Waals surface area contributed by atoms with Crippen LogP contribution in [0.15, 0.2) is 36.5 Å². The maximum absolute atomic E-state index is 11.9. The highest BCUT2D eigenvalue weighted by Gasteiger charge is 2.08. The summed E-state index contributed by atoms with van der Waals surface area (Å²) in [6.45, 7) is 1.93. The van der Waals surface area contributed by atoms with E-state index >= 15 is 0 Å². The van der Waals surface area contributed by atoms with Gasteiger partial charge in [0.1, 0.15) is 6.54 Å². The number of amides is 1. The van der Waals surface area contributed by atoms with Gasteiger partial charge in [-0.2, -0.15) is 0 Å². The van der Waals surface area contributed by atoms with Crippen LogP contribution < -0.4 is 5.32 Å². The fraction of sp³-hybridized carbons (Fsp3) is 0.143. The van der Waals surface area contributed by atoms with E-state index in [2.05, 4.69) is 5.32 Å². The Morgan fingerprint density at radius 2 is 2.16 bits per heavy atom. The molecule has 1 aromatic carbocycles. The molecule has 0 saturated heterocycles. The molecule has 1 aromatic heterocycles. The van der Waals surface area contributed by atoms with Crippen LogP contribution in [0.3, 0.4) is 0 Å². The summed E-state index contributed by atoms with van der Waals surface area (Å²) >= 11 is 5.98. The summed E-state index contributed by atoms with van der Waals surface area (Å²) < 4.78 is 1.59. The minimum atomic E-state index is -0.204. The monoisotopic (exact) mass is 276 g/mol. The van der Waals surface area contributed by atoms with E-state index < -0.39 is 0 Å². The van der Waals surface area contributed by atoms with Gasteiger partial charge in [-0.3, -0.25) is 9.59 Å². The standard InChI is InChI=1S/C14H13ClN2O2/c1-10-12(15)5-2-6-13(10)16-14(19)8-17-7-3-4-11(17)9-18/h2-7,9H,8H2,1H3,(H,16,19). The quantitative estimate of drug-likeness (QED) is 0.873. The van der Waals surface area contributed by atoms with Crippen LogP contribution in [0.4, 0.5) is 5.69 Å². The van der Waals surface area contributed by atoms with E-state index in [1.807, 2.05) is 6.92 Å². The van der Waals surface area contributed by atoms with Crippen molar-refractivity contribution in [2.75, 3.05) is 5.32 Å². The molecule has 0 unspecified atom stereocenters. The van der Waals surface area contributed by atoms with E-state index in [0.29, 0.717) is 16.4 Å². The summed E-state index contributed by atoms with van der Waals surface area (Å²) in [7, 11) is 0. The lowest BCUT2D eigenvalue weighted by Crippen LogP contribution is -2.19. The number of aldehydes is 1. The molecule has 0 saturated carbocycles. The van der Waals surface area contributed by atoms with Gasteiger partial charge in [0.2, 0.25) is 5.91 Å². The van der Waals surface area contributed by atoms with E-state index in [1.54, 1.807) is 41.1 Å². The van der Waals surface area contributed by atoms with Crippen molar-refractivity contribution in [3.63, 3.8) is 0 Å². The van der Waals surface area contributed by atoms with Gasteiger partial charge in [-0.1, -0.05) is 17.7 Å². The summed E-state index contributed by atoms with van der Waals surface area (Å²) in [5, 5.41) is 3.38. The van der Waals surface area contributed by atoms with Gasteiger partial charge in [0, 0.05) is 16.9 Å². The number of rotatable bonds is 4. The topological polar surface area (TPSA) is 51.1 Å². The van der Waals surface area contributed by atoms with Crippen LogP contribution in [0.5, 0.6) is 0 Å². The van der Waals surface area contributed by atoms with Gasteiger partial charge in [-0.05, 0) is 36.8 Å². The fourth-order valence-electron chi connectivity index (χ4n) is 1.77. The molecule has 98 valence electrons. The molecular formula is C14H13ClN2O2. The molecule has 5 heteroatoms. The van der Waals surface area contributed by atoms with Crippen LogP contribution in [-0.4, -0.2) is 16.8 Å². The van der Waals surface area contributed by atoms with Crippen molar-refractivity contribution in [2.45, 2.75) is 13.5 Å². The molecule has 1 heterocycles. The first-order valence-corrected chi connectivity index (χ1v) is 6.15. The van der Waals surface area contributed by atoms with Crippen LogP contribution in [0, 0.1) is 6.92 Å². The average Bonchev–Trinajstić information content (AvgIpc) is 2.82. The van der Waals surface area contributed by atoms with Crippen LogP contribution in [-0.2, 0) is 11.3 Å². The van der Waals surface area contributed by atoms with Gasteiger partial charge in [-0.15, -0.1) is 0 Å². The summed E-state index contributed by atoms with van der Waals surface area (Å²) in [6, 6.07) is 8.71. The minimum Gasteiger partial charge on any atom is -0.336 e. The Hall–Kier alpha value is -2.07. The smallest absolute Gasteiger partial charge is 0.244 e. The number of hydrogen-bond acceptors (Lipinski definition) is 2. The molecule has 0 atom stereocenters. The van der Waals surface area contributed by atoms with Crippen LogP contribution in [0.2, 0.25) is 5.02 Å². The van der Waals surface area contributed by atoms with E-state index in [9.17, 15) is 9.59 Å². The van der Waals surface area contributed by atoms with Gasteiger partial charge >= 0.3 is 0 Å². The van der Waals surface area contributed by atoms with Crippen molar-refractivity contribution in [3.05, 3.63) is 52.8 Å². The maximum atomic E-state index is 11.9. The van der Waals surface area contributed by atoms with Gasteiger partial charge in [-0.25, -0.2) is 0 Å². The maximum Gasteiger partial charge on any atom is 0.244 e. The van der Waals surface area contributed by atoms with E-state index in [4.69, 9.17) is 11.6 Å². The third kappa shape index (κ3) is 3.03. The molecule has 2 rings (SSSR count). The number of hydrogen-bond donors (Lipinski definition) is 1. The van der Waals surface area contributed by atoms with Crippen LogP contribution in [0.25, 0.3) is 0 Å². The Balaban J connectivity index is 2.10. The fourth-order valence-corrected chi connectivity index (χ4v) is 1.94. The lowest BCUT2D eigenvalue weighted by atomic mass is 10.2. The van der Waals surface area contributed by atoms with Crippen molar-refractivity contribution in [2.24, 2.45) is 0 Å². The average molecular weight is 277 g/mol. The summed E-state index contributed by atoms with van der Waals surface area (Å²) in [4.78, 5) is 22.7. The highest BCUT2D eigenvalue weighted by molar-refractivity contribution is 6.31. The van der Waals surface area contributed by atoms with Gasteiger partial charge in [0.15, 0.2) is 6.29 Å². The molecule has 0 spiro atoms. The van der Waals surface area contributed by atoms with Gasteiger partial charge < -0.3 is 9.88 Å². The summed E-state index contributed by atoms with van der Waals surface area (Å²) in [5.41, 5.74) is 1.97. The second kappa shape index (κ2) is 5.71. The molecule has 0 aliphatic heterocycles. The number of nitrogens with zero attached hydrogens (tertiary/aromatic N) is 1. The molecule has 0 aliphatic carbocycles. The number of aromatic nitrogens is 1. The lowest BCUT2D eigenvalue weighted by Gasteiger charge is -2.10. The third-order valence-corrected chi connectivity index (χ3v) is 3.25. The SMILES string of the molecule is Cc1c(Cl)cccc1NC(=O)Cn1cccc1C=O. The van der Waals surface area contributed by atoms with Crippen molar-refractivity contribution < 1.29 is 9.59 Å². The number of halogens is 1. The van der Waals surface area contributed by atoms with Gasteiger partial charge in [0.05, 0.1) is 5.69 Å². The number of benzene rings is 1. The molecule has 19 heavy (non-hydrogen) atoms. The number of carbonyl (C=O) groups excluding carboxylic acids is 2. The van der Waals surface area contributed by atoms with E-state index in [-0.39, 0.29) is 12.5 Å². The Bertz CT molecular complexity index is 620. The summed E-state index contributed by atoms with van der Waals surface area (Å²) in [6.07, 6.45) is 2.41. The molecular weight excluding hydrogens is 264 g/mol. The summed E-state index contributed by atoms with van der Waals surface area (Å²) in [5.74, 6) is -0.204. The largest absolute Gasteiger partial charge is 0.336 e. The van der Waals surface area contributed by atoms with Crippen molar-refractivity contribution in [1.82, 2.24) is 4.57 Å². The zero-order chi connectivity index (χ0) is 13.8. The molecule has 1 N–H and O–H groups in total. The van der Waals surface area contributed by atoms with Crippen molar-refractivity contribution >= 4 is 29.5 Å². The van der Waals surface area contributed by atoms with E-state index in [1.165, 1.54) is 0 Å². The number of carbonyl (C=O) groups is 2. The molecule has 0 radical (unpaired) electrons. The van der Waals surface area contributed by atoms with Gasteiger partial charge in [0.25, 0.3) is 0 Å². The Kier molecular flexibility index (Phi) is 4.02. The second-order valence-electron chi connectivity index (χ2n) is 4.14. The molecule has 1 amide bonds. The first kappa shape index (κ1) is 13.4. The van der Waals surface area contributed by atoms with Crippen molar-refractivity contribution in [1.29, 1.82) is 0 Å². The van der Waals surface area contributed by atoms with Crippen molar-refractivity contribution in [3.8, 4) is 0 Å². The highest BCUT2D eigenvalue weighted by Crippen LogP contribution is 2.22. The number of anilines is 1. The third-order valence-electron chi connectivity index (χ3n) is 2.84. The Morgan fingerprint density at radius 1 is 1.37 bits per heavy atom. The number of nitrogens with one attached hydrogen (secondary N) is 1. The first-order valence-electron chi connectivity index (χ1n) is 5.77. The zero-order valence-electron chi connectivity index (χ0n) is 10.4.